The number of rotatable bonds is 5. The Balaban J connectivity index is 2.02. The molecule has 0 aliphatic carbocycles. The zero-order chi connectivity index (χ0) is 17.9. The third-order valence-electron chi connectivity index (χ3n) is 4.15. The third-order valence-corrected chi connectivity index (χ3v) is 4.15. The molecule has 2 aromatic rings. The van der Waals surface area contributed by atoms with E-state index in [-0.39, 0.29) is 18.5 Å². The van der Waals surface area contributed by atoms with Crippen LogP contribution >= 0.6 is 0 Å². The minimum absolute atomic E-state index is 0.146. The molecule has 0 spiro atoms. The molecule has 0 fully saturated rings. The van der Waals surface area contributed by atoms with E-state index in [1.165, 1.54) is 12.1 Å². The molecule has 0 radical (unpaired) electrons. The maximum Gasteiger partial charge on any atom is 0.238 e. The zero-order valence-electron chi connectivity index (χ0n) is 14.4. The van der Waals surface area contributed by atoms with Gasteiger partial charge in [-0.1, -0.05) is 18.2 Å². The molecule has 3 nitrogen and oxygen atoms in total. The van der Waals surface area contributed by atoms with Gasteiger partial charge in [0, 0.05) is 11.7 Å². The van der Waals surface area contributed by atoms with Crippen molar-refractivity contribution in [3.05, 3.63) is 64.7 Å². The molecule has 0 bridgehead atoms. The fraction of sp³-hybridized carbons (Fsp3) is 0.316. The van der Waals surface area contributed by atoms with Gasteiger partial charge in [0.25, 0.3) is 0 Å². The van der Waals surface area contributed by atoms with Crippen LogP contribution in [0.15, 0.2) is 36.4 Å². The number of carbonyl (C=O) groups is 1. The highest BCUT2D eigenvalue weighted by Gasteiger charge is 2.17. The van der Waals surface area contributed by atoms with E-state index in [9.17, 15) is 13.6 Å². The predicted molar refractivity (Wildman–Crippen MR) is 91.9 cm³/mol. The van der Waals surface area contributed by atoms with Crippen molar-refractivity contribution in [2.45, 2.75) is 26.8 Å². The van der Waals surface area contributed by atoms with Gasteiger partial charge in [0.15, 0.2) is 11.6 Å². The molecule has 0 aliphatic heterocycles. The van der Waals surface area contributed by atoms with Gasteiger partial charge in [-0.05, 0) is 62.7 Å². The van der Waals surface area contributed by atoms with Crippen molar-refractivity contribution in [2.24, 2.45) is 0 Å². The maximum absolute atomic E-state index is 13.4. The molecule has 0 saturated carbocycles. The molecule has 1 unspecified atom stereocenters. The third kappa shape index (κ3) is 4.38. The molecular formula is C19H22F2N2O. The minimum Gasteiger partial charge on any atom is -0.325 e. The first-order chi connectivity index (χ1) is 11.3. The van der Waals surface area contributed by atoms with E-state index in [2.05, 4.69) is 5.32 Å². The lowest BCUT2D eigenvalue weighted by molar-refractivity contribution is -0.117. The van der Waals surface area contributed by atoms with E-state index in [1.807, 2.05) is 39.0 Å². The molecular weight excluding hydrogens is 310 g/mol. The largest absolute Gasteiger partial charge is 0.325 e. The zero-order valence-corrected chi connectivity index (χ0v) is 14.4. The Hall–Kier alpha value is -2.27. The number of aryl methyl sites for hydroxylation is 2. The van der Waals surface area contributed by atoms with Crippen molar-refractivity contribution in [2.75, 3.05) is 18.9 Å². The van der Waals surface area contributed by atoms with Gasteiger partial charge in [-0.15, -0.1) is 0 Å². The Morgan fingerprint density at radius 1 is 1.12 bits per heavy atom. The molecule has 1 N–H and O–H groups in total. The van der Waals surface area contributed by atoms with Crippen LogP contribution in [0.25, 0.3) is 0 Å². The van der Waals surface area contributed by atoms with Crippen molar-refractivity contribution in [3.8, 4) is 0 Å². The molecule has 24 heavy (non-hydrogen) atoms. The molecule has 1 amide bonds. The quantitative estimate of drug-likeness (QED) is 0.889. The molecule has 0 aromatic heterocycles. The summed E-state index contributed by atoms with van der Waals surface area (Å²) in [7, 11) is 1.77. The first-order valence-corrected chi connectivity index (χ1v) is 7.80. The first-order valence-electron chi connectivity index (χ1n) is 7.80. The topological polar surface area (TPSA) is 32.3 Å². The molecule has 2 aromatic carbocycles. The van der Waals surface area contributed by atoms with Gasteiger partial charge >= 0.3 is 0 Å². The summed E-state index contributed by atoms with van der Waals surface area (Å²) in [6.45, 7) is 5.89. The van der Waals surface area contributed by atoms with Gasteiger partial charge in [0.1, 0.15) is 0 Å². The van der Waals surface area contributed by atoms with Crippen LogP contribution in [0.1, 0.15) is 29.7 Å². The van der Waals surface area contributed by atoms with Crippen LogP contribution in [0.2, 0.25) is 0 Å². The lowest BCUT2D eigenvalue weighted by Crippen LogP contribution is -2.32. The number of benzene rings is 2. The summed E-state index contributed by atoms with van der Waals surface area (Å²) in [5, 5.41) is 2.89. The average Bonchev–Trinajstić information content (AvgIpc) is 2.52. The second kappa shape index (κ2) is 7.53. The SMILES string of the molecule is Cc1ccc(C)c(NC(=O)CN(C)C(C)c2ccc(F)c(F)c2)c1. The molecule has 0 saturated heterocycles. The van der Waals surface area contributed by atoms with Crippen LogP contribution in [-0.4, -0.2) is 24.4 Å². The Kier molecular flexibility index (Phi) is 5.67. The normalized spacial score (nSPS) is 12.3. The molecule has 1 atom stereocenters. The number of amides is 1. The minimum atomic E-state index is -0.882. The van der Waals surface area contributed by atoms with E-state index in [1.54, 1.807) is 11.9 Å². The molecule has 0 heterocycles. The standard InChI is InChI=1S/C19H22F2N2O/c1-12-5-6-13(2)18(9-12)22-19(24)11-23(4)14(3)15-7-8-16(20)17(21)10-15/h5-10,14H,11H2,1-4H3,(H,22,24). The van der Waals surface area contributed by atoms with Crippen LogP contribution in [0, 0.1) is 25.5 Å². The molecule has 128 valence electrons. The van der Waals surface area contributed by atoms with Gasteiger partial charge in [0.05, 0.1) is 6.54 Å². The van der Waals surface area contributed by atoms with Crippen molar-refractivity contribution in [1.82, 2.24) is 4.90 Å². The summed E-state index contributed by atoms with van der Waals surface area (Å²) in [6, 6.07) is 9.45. The van der Waals surface area contributed by atoms with Crippen molar-refractivity contribution < 1.29 is 13.6 Å². The van der Waals surface area contributed by atoms with E-state index < -0.39 is 11.6 Å². The van der Waals surface area contributed by atoms with Gasteiger partial charge in [-0.25, -0.2) is 8.78 Å². The second-order valence-corrected chi connectivity index (χ2v) is 6.13. The van der Waals surface area contributed by atoms with Crippen LogP contribution in [0.5, 0.6) is 0 Å². The lowest BCUT2D eigenvalue weighted by Gasteiger charge is -2.24. The number of carbonyl (C=O) groups excluding carboxylic acids is 1. The van der Waals surface area contributed by atoms with Gasteiger partial charge in [-0.3, -0.25) is 9.69 Å². The highest BCUT2D eigenvalue weighted by molar-refractivity contribution is 5.93. The summed E-state index contributed by atoms with van der Waals surface area (Å²) < 4.78 is 26.4. The Labute approximate surface area is 141 Å². The molecule has 5 heteroatoms. The fourth-order valence-electron chi connectivity index (χ4n) is 2.45. The van der Waals surface area contributed by atoms with Crippen LogP contribution in [0.3, 0.4) is 0 Å². The summed E-state index contributed by atoms with van der Waals surface area (Å²) in [6.07, 6.45) is 0. The highest BCUT2D eigenvalue weighted by Crippen LogP contribution is 2.21. The fourth-order valence-corrected chi connectivity index (χ4v) is 2.45. The predicted octanol–water partition coefficient (Wildman–Crippen LogP) is 4.21. The smallest absolute Gasteiger partial charge is 0.238 e. The van der Waals surface area contributed by atoms with Crippen LogP contribution < -0.4 is 5.32 Å². The van der Waals surface area contributed by atoms with Crippen molar-refractivity contribution in [1.29, 1.82) is 0 Å². The summed E-state index contributed by atoms with van der Waals surface area (Å²) >= 11 is 0. The number of nitrogens with zero attached hydrogens (tertiary/aromatic N) is 1. The van der Waals surface area contributed by atoms with E-state index in [4.69, 9.17) is 0 Å². The van der Waals surface area contributed by atoms with Crippen molar-refractivity contribution in [3.63, 3.8) is 0 Å². The number of halogens is 2. The summed E-state index contributed by atoms with van der Waals surface area (Å²) in [5.41, 5.74) is 3.47. The molecule has 2 rings (SSSR count). The maximum atomic E-state index is 13.4. The summed E-state index contributed by atoms with van der Waals surface area (Å²) in [4.78, 5) is 14.0. The lowest BCUT2D eigenvalue weighted by atomic mass is 10.1. The van der Waals surface area contributed by atoms with Crippen LogP contribution in [0.4, 0.5) is 14.5 Å². The Morgan fingerprint density at radius 2 is 1.83 bits per heavy atom. The molecule has 0 aliphatic rings. The van der Waals surface area contributed by atoms with Gasteiger partial charge in [0.2, 0.25) is 5.91 Å². The van der Waals surface area contributed by atoms with Crippen LogP contribution in [-0.2, 0) is 4.79 Å². The second-order valence-electron chi connectivity index (χ2n) is 6.13. The first kappa shape index (κ1) is 18.1. The monoisotopic (exact) mass is 332 g/mol. The van der Waals surface area contributed by atoms with Gasteiger partial charge < -0.3 is 5.32 Å². The number of likely N-dealkylation sites (N-methyl/N-ethyl adjacent to an activating group) is 1. The number of anilines is 1. The highest BCUT2D eigenvalue weighted by atomic mass is 19.2. The number of hydrogen-bond donors (Lipinski definition) is 1. The van der Waals surface area contributed by atoms with E-state index in [0.717, 1.165) is 22.9 Å². The Bertz CT molecular complexity index is 746. The Morgan fingerprint density at radius 3 is 2.50 bits per heavy atom. The van der Waals surface area contributed by atoms with E-state index in [0.29, 0.717) is 5.56 Å². The average molecular weight is 332 g/mol. The number of hydrogen-bond acceptors (Lipinski definition) is 2. The summed E-state index contributed by atoms with van der Waals surface area (Å²) in [5.74, 6) is -1.91. The van der Waals surface area contributed by atoms with Gasteiger partial charge in [-0.2, -0.15) is 0 Å². The number of nitrogens with one attached hydrogen (secondary N) is 1. The van der Waals surface area contributed by atoms with Crippen molar-refractivity contribution >= 4 is 11.6 Å². The van der Waals surface area contributed by atoms with E-state index >= 15 is 0 Å².